The van der Waals surface area contributed by atoms with Crippen LogP contribution in [0.15, 0.2) is 59.1 Å². The van der Waals surface area contributed by atoms with Crippen LogP contribution in [0.1, 0.15) is 61.2 Å². The number of aryl methyl sites for hydroxylation is 1. The van der Waals surface area contributed by atoms with E-state index < -0.39 is 20.8 Å². The summed E-state index contributed by atoms with van der Waals surface area (Å²) in [6.45, 7) is 9.28. The molecule has 1 heterocycles. The van der Waals surface area contributed by atoms with Crippen LogP contribution in [-0.4, -0.2) is 28.9 Å². The number of aromatic nitrogens is 2. The van der Waals surface area contributed by atoms with Gasteiger partial charge in [0.05, 0.1) is 16.7 Å². The van der Waals surface area contributed by atoms with E-state index in [1.54, 1.807) is 32.0 Å². The summed E-state index contributed by atoms with van der Waals surface area (Å²) in [5.41, 5.74) is 2.38. The van der Waals surface area contributed by atoms with Gasteiger partial charge < -0.3 is 4.18 Å². The molecule has 0 bridgehead atoms. The molecule has 0 spiro atoms. The monoisotopic (exact) mass is 497 g/mol. The van der Waals surface area contributed by atoms with E-state index in [9.17, 15) is 23.3 Å². The highest BCUT2D eigenvalue weighted by Crippen LogP contribution is 2.35. The third-order valence-corrected chi connectivity index (χ3v) is 6.93. The maximum absolute atomic E-state index is 13.6. The van der Waals surface area contributed by atoms with Crippen LogP contribution < -0.4 is 4.18 Å². The van der Waals surface area contributed by atoms with Gasteiger partial charge in [-0.3, -0.25) is 14.9 Å². The van der Waals surface area contributed by atoms with Crippen molar-refractivity contribution < 1.29 is 22.3 Å². The van der Waals surface area contributed by atoms with Gasteiger partial charge in [-0.05, 0) is 63.5 Å². The van der Waals surface area contributed by atoms with Crippen molar-refractivity contribution in [2.75, 3.05) is 0 Å². The van der Waals surface area contributed by atoms with Gasteiger partial charge in [-0.2, -0.15) is 13.5 Å². The van der Waals surface area contributed by atoms with Gasteiger partial charge in [0.15, 0.2) is 5.78 Å². The van der Waals surface area contributed by atoms with Crippen molar-refractivity contribution in [2.24, 2.45) is 0 Å². The molecule has 0 radical (unpaired) electrons. The van der Waals surface area contributed by atoms with Crippen molar-refractivity contribution in [1.82, 2.24) is 9.78 Å². The van der Waals surface area contributed by atoms with Crippen molar-refractivity contribution in [3.05, 3.63) is 86.6 Å². The van der Waals surface area contributed by atoms with Crippen LogP contribution in [0, 0.1) is 17.0 Å². The number of hydrogen-bond donors (Lipinski definition) is 0. The maximum atomic E-state index is 13.6. The molecular formula is C25H27N3O6S. The van der Waals surface area contributed by atoms with Gasteiger partial charge in [0.25, 0.3) is 5.69 Å². The molecule has 0 N–H and O–H groups in total. The minimum Gasteiger partial charge on any atom is -0.358 e. The number of rotatable bonds is 9. The molecule has 3 aromatic rings. The number of allylic oxidation sites excluding steroid dienone is 2. The van der Waals surface area contributed by atoms with Crippen LogP contribution >= 0.6 is 0 Å². The van der Waals surface area contributed by atoms with E-state index in [2.05, 4.69) is 5.10 Å². The molecule has 0 aliphatic carbocycles. The smallest absolute Gasteiger partial charge is 0.340 e. The van der Waals surface area contributed by atoms with E-state index in [1.165, 1.54) is 35.1 Å². The van der Waals surface area contributed by atoms with Crippen molar-refractivity contribution in [3.63, 3.8) is 0 Å². The third kappa shape index (κ3) is 5.17. The summed E-state index contributed by atoms with van der Waals surface area (Å²) in [4.78, 5) is 24.8. The zero-order valence-corrected chi connectivity index (χ0v) is 21.0. The molecule has 0 fully saturated rings. The molecule has 3 rings (SSSR count). The molecule has 9 nitrogen and oxygen atoms in total. The summed E-state index contributed by atoms with van der Waals surface area (Å²) in [5, 5.41) is 15.9. The van der Waals surface area contributed by atoms with Gasteiger partial charge in [-0.25, -0.2) is 4.68 Å². The standard InChI is InChI=1S/C25H27N3O6S/c1-6-14-27-25(34-35(32,33)19-10-8-7-9-11-19)21(15-26-27)24(29)20-12-13-22(28(30)31)23(18(20)5)17(4)16(2)3/h7-13,15H,6,14H2,1-5H3. The summed E-state index contributed by atoms with van der Waals surface area (Å²) >= 11 is 0. The molecule has 10 heteroatoms. The average Bonchev–Trinajstić information content (AvgIpc) is 3.20. The highest BCUT2D eigenvalue weighted by molar-refractivity contribution is 7.87. The van der Waals surface area contributed by atoms with Gasteiger partial charge >= 0.3 is 10.1 Å². The normalized spacial score (nSPS) is 11.2. The Bertz CT molecular complexity index is 1420. The lowest BCUT2D eigenvalue weighted by Gasteiger charge is -2.14. The molecule has 0 saturated heterocycles. The van der Waals surface area contributed by atoms with Crippen molar-refractivity contribution >= 4 is 27.2 Å². The molecular weight excluding hydrogens is 470 g/mol. The van der Waals surface area contributed by atoms with Crippen LogP contribution in [0.2, 0.25) is 0 Å². The second-order valence-electron chi connectivity index (χ2n) is 8.28. The fraction of sp³-hybridized carbons (Fsp3) is 0.280. The Kier molecular flexibility index (Phi) is 7.54. The number of hydrogen-bond acceptors (Lipinski definition) is 7. The van der Waals surface area contributed by atoms with Gasteiger partial charge in [-0.15, -0.1) is 0 Å². The number of ketones is 1. The molecule has 0 atom stereocenters. The van der Waals surface area contributed by atoms with E-state index in [0.717, 1.165) is 5.57 Å². The van der Waals surface area contributed by atoms with Crippen LogP contribution in [0.25, 0.3) is 5.57 Å². The van der Waals surface area contributed by atoms with Gasteiger partial charge in [0.2, 0.25) is 5.88 Å². The number of nitrogens with zero attached hydrogens (tertiary/aromatic N) is 3. The third-order valence-electron chi connectivity index (χ3n) is 5.70. The molecule has 0 aliphatic heterocycles. The lowest BCUT2D eigenvalue weighted by molar-refractivity contribution is -0.385. The summed E-state index contributed by atoms with van der Waals surface area (Å²) in [5.74, 6) is -0.736. The summed E-state index contributed by atoms with van der Waals surface area (Å²) in [6.07, 6.45) is 1.89. The van der Waals surface area contributed by atoms with E-state index in [0.29, 0.717) is 29.7 Å². The van der Waals surface area contributed by atoms with Crippen LogP contribution in [0.3, 0.4) is 0 Å². The average molecular weight is 498 g/mol. The molecule has 0 amide bonds. The van der Waals surface area contributed by atoms with Crippen molar-refractivity contribution in [2.45, 2.75) is 52.5 Å². The summed E-state index contributed by atoms with van der Waals surface area (Å²) in [7, 11) is -4.23. The predicted octanol–water partition coefficient (Wildman–Crippen LogP) is 5.32. The molecule has 35 heavy (non-hydrogen) atoms. The Morgan fingerprint density at radius 1 is 1.09 bits per heavy atom. The predicted molar refractivity (Wildman–Crippen MR) is 132 cm³/mol. The first-order valence-corrected chi connectivity index (χ1v) is 12.4. The van der Waals surface area contributed by atoms with E-state index >= 15 is 0 Å². The Morgan fingerprint density at radius 3 is 2.31 bits per heavy atom. The van der Waals surface area contributed by atoms with Crippen molar-refractivity contribution in [1.29, 1.82) is 0 Å². The van der Waals surface area contributed by atoms with E-state index in [-0.39, 0.29) is 27.6 Å². The van der Waals surface area contributed by atoms with Crippen molar-refractivity contribution in [3.8, 4) is 5.88 Å². The Hall–Kier alpha value is -3.79. The molecule has 0 saturated carbocycles. The van der Waals surface area contributed by atoms with E-state index in [4.69, 9.17) is 4.18 Å². The van der Waals surface area contributed by atoms with Crippen LogP contribution in [0.4, 0.5) is 5.69 Å². The first-order valence-electron chi connectivity index (χ1n) is 11.0. The number of carbonyl (C=O) groups excluding carboxylic acids is 1. The maximum Gasteiger partial charge on any atom is 0.340 e. The number of nitro benzene ring substituents is 1. The lowest BCUT2D eigenvalue weighted by atomic mass is 9.90. The highest BCUT2D eigenvalue weighted by Gasteiger charge is 2.29. The molecule has 1 aromatic heterocycles. The number of carbonyl (C=O) groups is 1. The fourth-order valence-electron chi connectivity index (χ4n) is 3.69. The second kappa shape index (κ2) is 10.2. The largest absolute Gasteiger partial charge is 0.358 e. The molecule has 184 valence electrons. The fourth-order valence-corrected chi connectivity index (χ4v) is 4.66. The van der Waals surface area contributed by atoms with E-state index in [1.807, 2.05) is 20.8 Å². The van der Waals surface area contributed by atoms with Gasteiger partial charge in [0.1, 0.15) is 10.5 Å². The first kappa shape index (κ1) is 25.8. The summed E-state index contributed by atoms with van der Waals surface area (Å²) < 4.78 is 32.6. The lowest BCUT2D eigenvalue weighted by Crippen LogP contribution is -2.16. The van der Waals surface area contributed by atoms with Gasteiger partial charge in [0, 0.05) is 18.2 Å². The Balaban J connectivity index is 2.17. The topological polar surface area (TPSA) is 121 Å². The zero-order chi connectivity index (χ0) is 25.9. The Morgan fingerprint density at radius 2 is 1.74 bits per heavy atom. The quantitative estimate of drug-likeness (QED) is 0.170. The minimum absolute atomic E-state index is 0.0456. The van der Waals surface area contributed by atoms with Crippen LogP contribution in [0.5, 0.6) is 5.88 Å². The first-order chi connectivity index (χ1) is 16.5. The number of benzene rings is 2. The highest BCUT2D eigenvalue weighted by atomic mass is 32.2. The molecule has 0 unspecified atom stereocenters. The SMILES string of the molecule is CCCn1ncc(C(=O)c2ccc([N+](=O)[O-])c(C(C)=C(C)C)c2C)c1OS(=O)(=O)c1ccccc1. The zero-order valence-electron chi connectivity index (χ0n) is 20.2. The second-order valence-corrected chi connectivity index (χ2v) is 9.83. The summed E-state index contributed by atoms with van der Waals surface area (Å²) in [6, 6.07) is 10.3. The molecule has 2 aromatic carbocycles. The van der Waals surface area contributed by atoms with Gasteiger partial charge in [-0.1, -0.05) is 30.7 Å². The molecule has 0 aliphatic rings. The number of nitro groups is 1. The Labute approximate surface area is 204 Å². The minimum atomic E-state index is -4.23. The van der Waals surface area contributed by atoms with Crippen LogP contribution in [-0.2, 0) is 16.7 Å².